The van der Waals surface area contributed by atoms with Crippen molar-refractivity contribution in [1.29, 1.82) is 0 Å². The lowest BCUT2D eigenvalue weighted by atomic mass is 10.1. The van der Waals surface area contributed by atoms with E-state index in [0.717, 1.165) is 6.07 Å². The number of H-pyrrole nitrogens is 1. The highest BCUT2D eigenvalue weighted by molar-refractivity contribution is 7.99. The van der Waals surface area contributed by atoms with E-state index < -0.39 is 27.8 Å². The number of nitrogens with one attached hydrogen (secondary N) is 1. The van der Waals surface area contributed by atoms with Crippen LogP contribution in [0, 0.1) is 0 Å². The van der Waals surface area contributed by atoms with Gasteiger partial charge in [0.05, 0.1) is 11.1 Å². The molecule has 146 valence electrons. The van der Waals surface area contributed by atoms with Crippen molar-refractivity contribution in [1.82, 2.24) is 14.4 Å². The van der Waals surface area contributed by atoms with E-state index >= 15 is 0 Å². The topological polar surface area (TPSA) is 117 Å². The summed E-state index contributed by atoms with van der Waals surface area (Å²) in [5.41, 5.74) is 0.0950. The Kier molecular flexibility index (Phi) is 4.73. The smallest absolute Gasteiger partial charge is 0.354 e. The van der Waals surface area contributed by atoms with Crippen molar-refractivity contribution in [3.8, 4) is 0 Å². The molecule has 1 aromatic heterocycles. The Balaban J connectivity index is 1.51. The lowest BCUT2D eigenvalue weighted by Gasteiger charge is -2.24. The average molecular weight is 421 g/mol. The number of benzene rings is 1. The quantitative estimate of drug-likeness (QED) is 0.735. The lowest BCUT2D eigenvalue weighted by Crippen LogP contribution is -2.37. The Morgan fingerprint density at radius 2 is 1.68 bits per heavy atom. The normalized spacial score (nSPS) is 17.6. The highest BCUT2D eigenvalue weighted by atomic mass is 32.2. The van der Waals surface area contributed by atoms with Gasteiger partial charge in [-0.3, -0.25) is 9.59 Å². The van der Waals surface area contributed by atoms with Crippen LogP contribution >= 0.6 is 11.8 Å². The van der Waals surface area contributed by atoms with Crippen LogP contribution in [-0.2, 0) is 14.9 Å². The van der Waals surface area contributed by atoms with E-state index in [4.69, 9.17) is 4.84 Å². The minimum atomic E-state index is -3.73. The summed E-state index contributed by atoms with van der Waals surface area (Å²) in [6.45, 7) is 0.792. The fraction of sp³-hybridized carbons (Fsp3) is 0.235. The molecule has 3 heterocycles. The number of aromatic nitrogens is 1. The molecule has 0 saturated carbocycles. The number of thioether (sulfide) groups is 1. The third-order valence-corrected chi connectivity index (χ3v) is 7.23. The molecule has 11 heteroatoms. The summed E-state index contributed by atoms with van der Waals surface area (Å²) in [4.78, 5) is 44.3. The first kappa shape index (κ1) is 18.7. The van der Waals surface area contributed by atoms with E-state index in [2.05, 4.69) is 4.98 Å². The van der Waals surface area contributed by atoms with Gasteiger partial charge in [0.25, 0.3) is 11.8 Å². The molecule has 0 aliphatic carbocycles. The Morgan fingerprint density at radius 3 is 2.29 bits per heavy atom. The van der Waals surface area contributed by atoms with Gasteiger partial charge in [-0.25, -0.2) is 13.2 Å². The van der Waals surface area contributed by atoms with Gasteiger partial charge in [0.1, 0.15) is 10.6 Å². The molecule has 4 rings (SSSR count). The summed E-state index contributed by atoms with van der Waals surface area (Å²) in [7, 11) is -3.73. The number of hydroxylamine groups is 2. The van der Waals surface area contributed by atoms with E-state index in [1.807, 2.05) is 0 Å². The molecule has 0 atom stereocenters. The SMILES string of the molecule is O=C(ON1C(=O)c2ccccc2C1=O)c1cc(S(=O)(=O)N2CCSCC2)c[nH]1. The van der Waals surface area contributed by atoms with Gasteiger partial charge in [-0.05, 0) is 18.2 Å². The third-order valence-electron chi connectivity index (χ3n) is 4.42. The maximum atomic E-state index is 12.6. The van der Waals surface area contributed by atoms with Gasteiger partial charge in [-0.15, -0.1) is 0 Å². The predicted octanol–water partition coefficient (Wildman–Crippen LogP) is 1.12. The van der Waals surface area contributed by atoms with Crippen LogP contribution in [0.5, 0.6) is 0 Å². The number of hydrogen-bond donors (Lipinski definition) is 1. The molecule has 2 amide bonds. The Hall–Kier alpha value is -2.63. The molecule has 0 radical (unpaired) electrons. The van der Waals surface area contributed by atoms with E-state index in [0.29, 0.717) is 29.7 Å². The van der Waals surface area contributed by atoms with Crippen LogP contribution in [0.1, 0.15) is 31.2 Å². The highest BCUT2D eigenvalue weighted by Crippen LogP contribution is 2.24. The van der Waals surface area contributed by atoms with Crippen molar-refractivity contribution in [2.75, 3.05) is 24.6 Å². The van der Waals surface area contributed by atoms with Crippen molar-refractivity contribution in [3.63, 3.8) is 0 Å². The maximum absolute atomic E-state index is 12.6. The minimum Gasteiger partial charge on any atom is -0.354 e. The molecule has 1 aromatic carbocycles. The van der Waals surface area contributed by atoms with E-state index in [1.165, 1.54) is 22.6 Å². The zero-order valence-corrected chi connectivity index (χ0v) is 16.1. The molecule has 1 N–H and O–H groups in total. The summed E-state index contributed by atoms with van der Waals surface area (Å²) in [5.74, 6) is -1.13. The Labute approximate surface area is 164 Å². The molecule has 0 bridgehead atoms. The highest BCUT2D eigenvalue weighted by Gasteiger charge is 2.39. The van der Waals surface area contributed by atoms with Gasteiger partial charge >= 0.3 is 5.97 Å². The van der Waals surface area contributed by atoms with E-state index in [-0.39, 0.29) is 21.7 Å². The van der Waals surface area contributed by atoms with Gasteiger partial charge in [0, 0.05) is 30.8 Å². The summed E-state index contributed by atoms with van der Waals surface area (Å²) < 4.78 is 26.6. The third kappa shape index (κ3) is 3.11. The van der Waals surface area contributed by atoms with Crippen LogP contribution in [-0.4, -0.2) is 65.1 Å². The second-order valence-corrected chi connectivity index (χ2v) is 9.26. The molecule has 28 heavy (non-hydrogen) atoms. The summed E-state index contributed by atoms with van der Waals surface area (Å²) in [5, 5.41) is 0.379. The second-order valence-electron chi connectivity index (χ2n) is 6.09. The average Bonchev–Trinajstić information content (AvgIpc) is 3.30. The molecule has 2 aliphatic rings. The van der Waals surface area contributed by atoms with Gasteiger partial charge in [-0.2, -0.15) is 16.1 Å². The van der Waals surface area contributed by atoms with E-state index in [9.17, 15) is 22.8 Å². The summed E-state index contributed by atoms with van der Waals surface area (Å²) in [6.07, 6.45) is 1.19. The molecular weight excluding hydrogens is 406 g/mol. The summed E-state index contributed by atoms with van der Waals surface area (Å²) >= 11 is 1.68. The molecular formula is C17H15N3O6S2. The molecule has 2 aliphatic heterocycles. The number of aromatic amines is 1. The number of carbonyl (C=O) groups excluding carboxylic acids is 3. The number of hydrogen-bond acceptors (Lipinski definition) is 7. The van der Waals surface area contributed by atoms with Crippen molar-refractivity contribution >= 4 is 39.6 Å². The molecule has 0 spiro atoms. The number of nitrogens with zero attached hydrogens (tertiary/aromatic N) is 2. The number of fused-ring (bicyclic) bond motifs is 1. The van der Waals surface area contributed by atoms with Crippen LogP contribution in [0.3, 0.4) is 0 Å². The predicted molar refractivity (Wildman–Crippen MR) is 99.2 cm³/mol. The van der Waals surface area contributed by atoms with Crippen molar-refractivity contribution in [3.05, 3.63) is 53.3 Å². The number of sulfonamides is 1. The number of imide groups is 1. The fourth-order valence-corrected chi connectivity index (χ4v) is 5.53. The second kappa shape index (κ2) is 7.08. The lowest BCUT2D eigenvalue weighted by molar-refractivity contribution is -0.0588. The van der Waals surface area contributed by atoms with Crippen LogP contribution in [0.4, 0.5) is 0 Å². The minimum absolute atomic E-state index is 0.0753. The maximum Gasteiger partial charge on any atom is 0.380 e. The largest absolute Gasteiger partial charge is 0.380 e. The van der Waals surface area contributed by atoms with Crippen LogP contribution < -0.4 is 0 Å². The first-order valence-corrected chi connectivity index (χ1v) is 11.0. The number of rotatable bonds is 4. The molecule has 9 nitrogen and oxygen atoms in total. The molecule has 0 unspecified atom stereocenters. The standard InChI is InChI=1S/C17H15N3O6S2/c21-15-12-3-1-2-4-13(12)16(22)20(15)26-17(23)14-9-11(10-18-14)28(24,25)19-5-7-27-8-6-19/h1-4,9-10,18H,5-8H2. The van der Waals surface area contributed by atoms with Gasteiger partial charge in [0.15, 0.2) is 0 Å². The van der Waals surface area contributed by atoms with E-state index in [1.54, 1.807) is 23.9 Å². The molecule has 2 aromatic rings. The Bertz CT molecular complexity index is 1040. The number of carbonyl (C=O) groups is 3. The van der Waals surface area contributed by atoms with Crippen molar-refractivity contribution in [2.45, 2.75) is 4.90 Å². The Morgan fingerprint density at radius 1 is 1.07 bits per heavy atom. The summed E-state index contributed by atoms with van der Waals surface area (Å²) in [6, 6.07) is 7.24. The molecule has 1 fully saturated rings. The number of amides is 2. The van der Waals surface area contributed by atoms with Crippen molar-refractivity contribution < 1.29 is 27.6 Å². The zero-order valence-electron chi connectivity index (χ0n) is 14.5. The van der Waals surface area contributed by atoms with Gasteiger partial charge in [-0.1, -0.05) is 17.2 Å². The monoisotopic (exact) mass is 421 g/mol. The first-order valence-electron chi connectivity index (χ1n) is 8.36. The van der Waals surface area contributed by atoms with Crippen molar-refractivity contribution in [2.24, 2.45) is 0 Å². The van der Waals surface area contributed by atoms with Gasteiger partial charge in [0.2, 0.25) is 10.0 Å². The van der Waals surface area contributed by atoms with Gasteiger partial charge < -0.3 is 9.82 Å². The van der Waals surface area contributed by atoms with Crippen LogP contribution in [0.2, 0.25) is 0 Å². The van der Waals surface area contributed by atoms with Crippen LogP contribution in [0.15, 0.2) is 41.4 Å². The first-order chi connectivity index (χ1) is 13.4. The molecule has 1 saturated heterocycles. The van der Waals surface area contributed by atoms with Crippen LogP contribution in [0.25, 0.3) is 0 Å². The fourth-order valence-electron chi connectivity index (χ4n) is 2.96. The zero-order chi connectivity index (χ0) is 19.9.